The van der Waals surface area contributed by atoms with Crippen LogP contribution in [0.1, 0.15) is 18.1 Å². The molecule has 2 aromatic rings. The van der Waals surface area contributed by atoms with Crippen molar-refractivity contribution >= 4 is 31.8 Å². The van der Waals surface area contributed by atoms with Crippen molar-refractivity contribution in [3.8, 4) is 0 Å². The van der Waals surface area contributed by atoms with Crippen LogP contribution in [-0.4, -0.2) is 10.6 Å². The van der Waals surface area contributed by atoms with Crippen LogP contribution in [-0.2, 0) is 6.18 Å². The van der Waals surface area contributed by atoms with Crippen molar-refractivity contribution in [2.45, 2.75) is 13.1 Å². The van der Waals surface area contributed by atoms with Crippen molar-refractivity contribution in [3.63, 3.8) is 0 Å². The highest BCUT2D eigenvalue weighted by atomic mass is 79.9. The van der Waals surface area contributed by atoms with Gasteiger partial charge in [0.05, 0.1) is 16.9 Å². The second-order valence-electron chi connectivity index (χ2n) is 5.94. The van der Waals surface area contributed by atoms with Crippen molar-refractivity contribution in [2.24, 2.45) is 0 Å². The Labute approximate surface area is 161 Å². The van der Waals surface area contributed by atoms with Gasteiger partial charge in [0.25, 0.3) is 0 Å². The number of anilines is 2. The normalized spacial score (nSPS) is 16.3. The fraction of sp³-hybridized carbons (Fsp3) is 0.111. The van der Waals surface area contributed by atoms with E-state index in [1.807, 2.05) is 31.2 Å². The molecule has 0 atom stereocenters. The van der Waals surface area contributed by atoms with Gasteiger partial charge in [-0.3, -0.25) is 5.01 Å². The number of rotatable bonds is 1. The van der Waals surface area contributed by atoms with E-state index in [9.17, 15) is 18.3 Å². The van der Waals surface area contributed by atoms with E-state index >= 15 is 0 Å². The van der Waals surface area contributed by atoms with E-state index in [1.165, 1.54) is 17.1 Å². The van der Waals surface area contributed by atoms with Crippen molar-refractivity contribution < 1.29 is 23.8 Å². The van der Waals surface area contributed by atoms with Crippen molar-refractivity contribution in [1.29, 1.82) is 0 Å². The summed E-state index contributed by atoms with van der Waals surface area (Å²) in [6, 6.07) is 12.2. The minimum Gasteiger partial charge on any atom is -0.492 e. The lowest BCUT2D eigenvalue weighted by molar-refractivity contribution is -0.137. The van der Waals surface area contributed by atoms with Gasteiger partial charge in [-0.1, -0.05) is 18.2 Å². The SMILES string of the molecule is CC1=C(Br)c2ccccc2N2NN(c3ccc(C(F)(F)F)cc3)C(O)=C12.O. The number of aliphatic hydroxyl groups is 1. The van der Waals surface area contributed by atoms with Crippen LogP contribution < -0.4 is 15.6 Å². The number of alkyl halides is 3. The number of nitrogens with zero attached hydrogens (tertiary/aromatic N) is 2. The maximum atomic E-state index is 12.8. The second kappa shape index (κ2) is 6.59. The first-order valence-corrected chi connectivity index (χ1v) is 8.51. The summed E-state index contributed by atoms with van der Waals surface area (Å²) >= 11 is 3.56. The number of halogens is 4. The minimum absolute atomic E-state index is 0. The highest BCUT2D eigenvalue weighted by molar-refractivity contribution is 9.15. The number of nitrogens with one attached hydrogen (secondary N) is 1. The topological polar surface area (TPSA) is 70.2 Å². The third-order valence-corrected chi connectivity index (χ3v) is 5.39. The number of para-hydroxylation sites is 1. The molecule has 4 N–H and O–H groups in total. The number of benzene rings is 2. The lowest BCUT2D eigenvalue weighted by Gasteiger charge is -2.30. The molecule has 0 saturated heterocycles. The molecule has 0 amide bonds. The monoisotopic (exact) mass is 441 g/mol. The number of hydrogen-bond acceptors (Lipinski definition) is 4. The first kappa shape index (κ1) is 19.3. The Morgan fingerprint density at radius 2 is 1.63 bits per heavy atom. The van der Waals surface area contributed by atoms with Gasteiger partial charge in [-0.2, -0.15) is 13.2 Å². The van der Waals surface area contributed by atoms with Crippen molar-refractivity contribution in [3.05, 3.63) is 76.8 Å². The summed E-state index contributed by atoms with van der Waals surface area (Å²) in [4.78, 5) is 0. The van der Waals surface area contributed by atoms with E-state index < -0.39 is 11.7 Å². The van der Waals surface area contributed by atoms with Crippen molar-refractivity contribution in [2.75, 3.05) is 10.0 Å². The third kappa shape index (κ3) is 2.97. The average molecular weight is 442 g/mol. The number of hydrogen-bond donors (Lipinski definition) is 2. The maximum Gasteiger partial charge on any atom is 0.416 e. The molecule has 0 saturated carbocycles. The Kier molecular flexibility index (Phi) is 4.71. The molecule has 5 nitrogen and oxygen atoms in total. The molecule has 0 aromatic heterocycles. The zero-order valence-electron chi connectivity index (χ0n) is 14.0. The van der Waals surface area contributed by atoms with Gasteiger partial charge >= 0.3 is 6.18 Å². The number of allylic oxidation sites excluding steroid dienone is 1. The number of hydrazine groups is 2. The van der Waals surface area contributed by atoms with Crippen LogP contribution in [0, 0.1) is 0 Å². The predicted octanol–water partition coefficient (Wildman–Crippen LogP) is 4.49. The van der Waals surface area contributed by atoms with Gasteiger partial charge < -0.3 is 10.6 Å². The summed E-state index contributed by atoms with van der Waals surface area (Å²) in [7, 11) is 0. The standard InChI is InChI=1S/C18H13BrF3N3O.H2O/c1-10-15(19)13-4-2-3-5-14(13)25-16(10)17(26)24(23-25)12-8-6-11(7-9-12)18(20,21)22;/h2-9,23,26H,1H3;1H2. The third-order valence-electron chi connectivity index (χ3n) is 4.37. The van der Waals surface area contributed by atoms with Gasteiger partial charge in [-0.05, 0) is 58.8 Å². The second-order valence-corrected chi connectivity index (χ2v) is 6.74. The maximum absolute atomic E-state index is 12.8. The molecule has 0 radical (unpaired) electrons. The molecule has 2 heterocycles. The molecule has 4 rings (SSSR count). The fourth-order valence-electron chi connectivity index (χ4n) is 3.05. The Morgan fingerprint density at radius 3 is 2.26 bits per heavy atom. The molecule has 0 unspecified atom stereocenters. The van der Waals surface area contributed by atoms with E-state index in [-0.39, 0.29) is 11.4 Å². The average Bonchev–Trinajstić information content (AvgIpc) is 2.97. The van der Waals surface area contributed by atoms with Gasteiger partial charge in [-0.15, -0.1) is 5.53 Å². The largest absolute Gasteiger partial charge is 0.492 e. The number of aliphatic hydroxyl groups excluding tert-OH is 1. The Balaban J connectivity index is 0.00000210. The Morgan fingerprint density at radius 1 is 1.00 bits per heavy atom. The summed E-state index contributed by atoms with van der Waals surface area (Å²) in [5.74, 6) is -0.0892. The molecule has 0 bridgehead atoms. The van der Waals surface area contributed by atoms with Gasteiger partial charge in [0, 0.05) is 10.0 Å². The van der Waals surface area contributed by atoms with Crippen LogP contribution in [0.15, 0.2) is 65.7 Å². The van der Waals surface area contributed by atoms with Crippen molar-refractivity contribution in [1.82, 2.24) is 5.53 Å². The molecule has 2 aliphatic rings. The zero-order valence-corrected chi connectivity index (χ0v) is 15.6. The summed E-state index contributed by atoms with van der Waals surface area (Å²) in [5, 5.41) is 13.8. The Hall–Kier alpha value is -2.49. The molecule has 9 heteroatoms. The summed E-state index contributed by atoms with van der Waals surface area (Å²) in [6.07, 6.45) is -4.40. The summed E-state index contributed by atoms with van der Waals surface area (Å²) in [6.45, 7) is 1.86. The van der Waals surface area contributed by atoms with E-state index in [1.54, 1.807) is 5.01 Å². The highest BCUT2D eigenvalue weighted by Gasteiger charge is 2.37. The first-order valence-electron chi connectivity index (χ1n) is 7.72. The molecule has 142 valence electrons. The van der Waals surface area contributed by atoms with Crippen LogP contribution in [0.5, 0.6) is 0 Å². The van der Waals surface area contributed by atoms with E-state index in [0.717, 1.165) is 33.4 Å². The van der Waals surface area contributed by atoms with Crippen LogP contribution in [0.2, 0.25) is 0 Å². The van der Waals surface area contributed by atoms with E-state index in [0.29, 0.717) is 11.4 Å². The molecular formula is C18H15BrF3N3O2. The highest BCUT2D eigenvalue weighted by Crippen LogP contribution is 2.45. The lowest BCUT2D eigenvalue weighted by atomic mass is 10.0. The molecule has 0 fully saturated rings. The van der Waals surface area contributed by atoms with Crippen LogP contribution in [0.25, 0.3) is 4.48 Å². The molecule has 27 heavy (non-hydrogen) atoms. The molecule has 0 aliphatic carbocycles. The van der Waals surface area contributed by atoms with E-state index in [2.05, 4.69) is 21.5 Å². The molecule has 0 spiro atoms. The number of fused-ring (bicyclic) bond motifs is 3. The smallest absolute Gasteiger partial charge is 0.416 e. The van der Waals surface area contributed by atoms with Crippen LogP contribution >= 0.6 is 15.9 Å². The minimum atomic E-state index is -4.40. The van der Waals surface area contributed by atoms with E-state index in [4.69, 9.17) is 0 Å². The van der Waals surface area contributed by atoms with Gasteiger partial charge in [0.2, 0.25) is 5.88 Å². The van der Waals surface area contributed by atoms with Crippen LogP contribution in [0.3, 0.4) is 0 Å². The van der Waals surface area contributed by atoms with Gasteiger partial charge in [0.1, 0.15) is 5.70 Å². The Bertz CT molecular complexity index is 955. The van der Waals surface area contributed by atoms with Crippen LogP contribution in [0.4, 0.5) is 24.5 Å². The predicted molar refractivity (Wildman–Crippen MR) is 101 cm³/mol. The summed E-state index contributed by atoms with van der Waals surface area (Å²) in [5.41, 5.74) is 5.79. The molecular weight excluding hydrogens is 427 g/mol. The quantitative estimate of drug-likeness (QED) is 0.683. The van der Waals surface area contributed by atoms with Gasteiger partial charge in [-0.25, -0.2) is 5.01 Å². The zero-order chi connectivity index (χ0) is 18.6. The molecule has 2 aromatic carbocycles. The summed E-state index contributed by atoms with van der Waals surface area (Å²) < 4.78 is 39.2. The fourth-order valence-corrected chi connectivity index (χ4v) is 3.58. The lowest BCUT2D eigenvalue weighted by Crippen LogP contribution is -2.42. The molecule has 2 aliphatic heterocycles. The first-order chi connectivity index (χ1) is 12.3. The van der Waals surface area contributed by atoms with Gasteiger partial charge in [0.15, 0.2) is 0 Å².